The first kappa shape index (κ1) is 43.5. The molecule has 17 heteroatoms. The lowest BCUT2D eigenvalue weighted by atomic mass is 9.96. The van der Waals surface area contributed by atoms with Gasteiger partial charge in [0.2, 0.25) is 5.91 Å². The number of methoxy groups -OCH3 is 2. The third-order valence-corrected chi connectivity index (χ3v) is 14.8. The molecule has 5 aliphatic rings. The number of aromatic nitrogens is 4. The molecule has 4 heterocycles. The molecule has 2 aliphatic heterocycles. The van der Waals surface area contributed by atoms with Crippen molar-refractivity contribution in [1.82, 2.24) is 40.4 Å². The predicted octanol–water partition coefficient (Wildman–Crippen LogP) is 8.05. The maximum atomic E-state index is 16.7. The Hall–Kier alpha value is -6.38. The number of likely N-dealkylation sites (tertiary alicyclic amines) is 2. The quantitative estimate of drug-likeness (QED) is 0.0816. The Kier molecular flexibility index (Phi) is 10.9. The average Bonchev–Trinajstić information content (AvgIpc) is 3.98. The molecule has 0 radical (unpaired) electrons. The molecule has 2 saturated heterocycles. The topological polar surface area (TPSA) is 202 Å². The summed E-state index contributed by atoms with van der Waals surface area (Å²) in [5, 5.41) is 26.4. The summed E-state index contributed by atoms with van der Waals surface area (Å²) in [7, 11) is 2.52. The first-order valence-corrected chi connectivity index (χ1v) is 22.8. The second-order valence-corrected chi connectivity index (χ2v) is 19.1. The number of rotatable bonds is 12. The highest BCUT2D eigenvalue weighted by Crippen LogP contribution is 2.59. The fraction of sp³-hybridized carbons (Fsp3) is 0.469. The number of nitrogens with zero attached hydrogens (tertiary/aromatic N) is 5. The molecular weight excluding hydrogens is 849 g/mol. The van der Waals surface area contributed by atoms with Gasteiger partial charge in [-0.15, -0.1) is 0 Å². The number of aliphatic hydroxyl groups excluding tert-OH is 1. The number of carbonyl (C=O) groups excluding carboxylic acids is 3. The van der Waals surface area contributed by atoms with Crippen LogP contribution in [0.1, 0.15) is 100 Å². The van der Waals surface area contributed by atoms with Crippen molar-refractivity contribution in [3.05, 3.63) is 83.6 Å². The van der Waals surface area contributed by atoms with E-state index in [1.54, 1.807) is 29.3 Å². The fourth-order valence-corrected chi connectivity index (χ4v) is 11.2. The van der Waals surface area contributed by atoms with Crippen molar-refractivity contribution in [3.8, 4) is 39.6 Å². The number of nitrogens with one attached hydrogen (secondary N) is 4. The molecule has 3 aliphatic carbocycles. The zero-order valence-electron chi connectivity index (χ0n) is 37.2. The number of fused-ring (bicyclic) bond motifs is 6. The maximum Gasteiger partial charge on any atom is 0.407 e. The summed E-state index contributed by atoms with van der Waals surface area (Å²) < 4.78 is 43.0. The van der Waals surface area contributed by atoms with Crippen LogP contribution in [0.5, 0.6) is 0 Å². The summed E-state index contributed by atoms with van der Waals surface area (Å²) in [6, 6.07) is 15.9. The Labute approximate surface area is 380 Å². The Morgan fingerprint density at radius 1 is 0.939 bits per heavy atom. The number of alkyl halides is 2. The van der Waals surface area contributed by atoms with Crippen molar-refractivity contribution < 1.29 is 37.7 Å². The highest BCUT2D eigenvalue weighted by molar-refractivity contribution is 5.88. The standard InChI is InChI=1S/C49H53F2N9O6/c1-25(2)40(58-47(64)66-4)45(62)59-24-48(15-16-48)22-39(59)42-53-23-38(56-42)28-9-13-32-31-12-8-26(19-33(31)49(50,51)34(32)20-28)27-10-14-35-37(21-27)55-43(54-35)41-29-7-11-30(18-29)60(41)44(61)36(6-5-17-52)57-46(63)65-3/h8-10,12-14,19-21,23,25,29-30,36,39-41,44,61H,5-7,11,15-16,18,22,24H2,1-4H3,(H,53,56)(H,54,55)(H,57,63)(H,58,64)/t29-,30+,36-,39-,40+,41-,44?/m0/s1. The molecule has 3 amide bonds. The van der Waals surface area contributed by atoms with Gasteiger partial charge in [0.1, 0.15) is 23.9 Å². The van der Waals surface area contributed by atoms with Crippen molar-refractivity contribution >= 4 is 29.1 Å². The van der Waals surface area contributed by atoms with Crippen LogP contribution in [0.3, 0.4) is 0 Å². The van der Waals surface area contributed by atoms with Crippen LogP contribution in [0.25, 0.3) is 44.5 Å². The number of imidazole rings is 2. The SMILES string of the molecule is COC(=O)N[C@@H](CCC#N)C(O)N1[C@@H]2CC[C@@H](C2)[C@H]1c1nc2ccc(-c3ccc4c(c3)C(F)(F)c3cc(-c5cnc([C@@H]6CC7(CC7)CN6C(=O)[C@H](NC(=O)OC)C(C)C)[nH]5)ccc3-4)cc2[nH]1. The molecule has 10 rings (SSSR count). The third kappa shape index (κ3) is 7.44. The number of amides is 3. The fourth-order valence-electron chi connectivity index (χ4n) is 11.2. The van der Waals surface area contributed by atoms with Crippen LogP contribution in [-0.2, 0) is 20.2 Å². The van der Waals surface area contributed by atoms with Crippen LogP contribution in [0.2, 0.25) is 0 Å². The smallest absolute Gasteiger partial charge is 0.407 e. The van der Waals surface area contributed by atoms with Crippen molar-refractivity contribution in [2.45, 2.75) is 108 Å². The zero-order chi connectivity index (χ0) is 46.2. The minimum absolute atomic E-state index is 0.00582. The Morgan fingerprint density at radius 3 is 2.32 bits per heavy atom. The van der Waals surface area contributed by atoms with E-state index in [2.05, 4.69) is 26.7 Å². The van der Waals surface area contributed by atoms with E-state index in [4.69, 9.17) is 19.4 Å². The molecule has 2 aromatic heterocycles. The summed E-state index contributed by atoms with van der Waals surface area (Å²) >= 11 is 0. The van der Waals surface area contributed by atoms with E-state index in [1.165, 1.54) is 20.3 Å². The third-order valence-electron chi connectivity index (χ3n) is 14.8. The number of halogens is 2. The minimum atomic E-state index is -3.30. The number of hydrogen-bond donors (Lipinski definition) is 5. The predicted molar refractivity (Wildman–Crippen MR) is 238 cm³/mol. The van der Waals surface area contributed by atoms with Gasteiger partial charge in [0.05, 0.1) is 61.3 Å². The molecule has 2 bridgehead atoms. The van der Waals surface area contributed by atoms with E-state index in [-0.39, 0.29) is 65.3 Å². The lowest BCUT2D eigenvalue weighted by Gasteiger charge is -2.40. The van der Waals surface area contributed by atoms with Crippen molar-refractivity contribution in [3.63, 3.8) is 0 Å². The Morgan fingerprint density at radius 2 is 1.62 bits per heavy atom. The molecular formula is C49H53F2N9O6. The molecule has 344 valence electrons. The van der Waals surface area contributed by atoms with Gasteiger partial charge in [-0.05, 0) is 109 Å². The molecule has 66 heavy (non-hydrogen) atoms. The van der Waals surface area contributed by atoms with E-state index in [0.717, 1.165) is 49.6 Å². The molecule has 2 saturated carbocycles. The van der Waals surface area contributed by atoms with Gasteiger partial charge in [-0.25, -0.2) is 19.6 Å². The second-order valence-electron chi connectivity index (χ2n) is 19.1. The highest BCUT2D eigenvalue weighted by atomic mass is 19.3. The average molecular weight is 902 g/mol. The van der Waals surface area contributed by atoms with Gasteiger partial charge >= 0.3 is 12.2 Å². The number of carbonyl (C=O) groups is 3. The highest BCUT2D eigenvalue weighted by Gasteiger charge is 2.56. The molecule has 5 aromatic rings. The van der Waals surface area contributed by atoms with Gasteiger partial charge in [0, 0.05) is 35.7 Å². The van der Waals surface area contributed by atoms with Crippen LogP contribution in [-0.4, -0.2) is 98.1 Å². The van der Waals surface area contributed by atoms with E-state index in [0.29, 0.717) is 51.7 Å². The van der Waals surface area contributed by atoms with E-state index in [9.17, 15) is 24.8 Å². The molecule has 7 atom stereocenters. The summed E-state index contributed by atoms with van der Waals surface area (Å²) in [4.78, 5) is 58.6. The van der Waals surface area contributed by atoms with Crippen molar-refractivity contribution in [1.29, 1.82) is 5.26 Å². The molecule has 1 unspecified atom stereocenters. The minimum Gasteiger partial charge on any atom is -0.453 e. The number of aliphatic hydroxyl groups is 1. The first-order valence-electron chi connectivity index (χ1n) is 22.8. The summed E-state index contributed by atoms with van der Waals surface area (Å²) in [6.45, 7) is 4.29. The summed E-state index contributed by atoms with van der Waals surface area (Å²) in [6.07, 6.45) is 5.02. The van der Waals surface area contributed by atoms with Gasteiger partial charge in [-0.1, -0.05) is 44.2 Å². The van der Waals surface area contributed by atoms with Crippen molar-refractivity contribution in [2.24, 2.45) is 17.3 Å². The van der Waals surface area contributed by atoms with Gasteiger partial charge in [0.25, 0.3) is 5.92 Å². The van der Waals surface area contributed by atoms with Crippen molar-refractivity contribution in [2.75, 3.05) is 20.8 Å². The van der Waals surface area contributed by atoms with E-state index < -0.39 is 36.4 Å². The van der Waals surface area contributed by atoms with Gasteiger partial charge in [-0.2, -0.15) is 14.0 Å². The number of hydrogen-bond acceptors (Lipinski definition) is 10. The van der Waals surface area contributed by atoms with Crippen LogP contribution in [0, 0.1) is 28.6 Å². The van der Waals surface area contributed by atoms with E-state index >= 15 is 8.78 Å². The van der Waals surface area contributed by atoms with E-state index in [1.807, 2.05) is 49.1 Å². The molecule has 15 nitrogen and oxygen atoms in total. The van der Waals surface area contributed by atoms with Gasteiger partial charge in [-0.3, -0.25) is 9.69 Å². The second kappa shape index (κ2) is 16.5. The van der Waals surface area contributed by atoms with Gasteiger partial charge < -0.3 is 40.1 Å². The first-order chi connectivity index (χ1) is 31.7. The molecule has 3 aromatic carbocycles. The maximum absolute atomic E-state index is 16.7. The Bertz CT molecular complexity index is 2780. The normalized spacial score (nSPS) is 23.3. The molecule has 4 fully saturated rings. The number of nitriles is 1. The monoisotopic (exact) mass is 901 g/mol. The number of H-pyrrole nitrogens is 2. The number of alkyl carbamates (subject to hydrolysis) is 2. The summed E-state index contributed by atoms with van der Waals surface area (Å²) in [5.41, 5.74) is 4.61. The van der Waals surface area contributed by atoms with Crippen LogP contribution in [0.4, 0.5) is 18.4 Å². The lowest BCUT2D eigenvalue weighted by Crippen LogP contribution is -2.54. The largest absolute Gasteiger partial charge is 0.453 e. The van der Waals surface area contributed by atoms with Crippen LogP contribution >= 0.6 is 0 Å². The number of aromatic amines is 2. The number of ether oxygens (including phenoxy) is 2. The van der Waals surface area contributed by atoms with Crippen LogP contribution < -0.4 is 10.6 Å². The Balaban J connectivity index is 0.891. The molecule has 5 N–H and O–H groups in total. The number of benzene rings is 3. The zero-order valence-corrected chi connectivity index (χ0v) is 37.2. The number of piperidine rings is 1. The molecule has 1 spiro atoms. The van der Waals surface area contributed by atoms with Gasteiger partial charge in [0.15, 0.2) is 0 Å². The summed E-state index contributed by atoms with van der Waals surface area (Å²) in [5.74, 6) is -2.22. The lowest BCUT2D eigenvalue weighted by molar-refractivity contribution is -0.135. The van der Waals surface area contributed by atoms with Crippen LogP contribution in [0.15, 0.2) is 60.8 Å².